The summed E-state index contributed by atoms with van der Waals surface area (Å²) in [5.41, 5.74) is 27.9. The van der Waals surface area contributed by atoms with Crippen LogP contribution in [0.4, 0.5) is 34.1 Å². The molecule has 0 saturated heterocycles. The van der Waals surface area contributed by atoms with Crippen LogP contribution in [0.1, 0.15) is 26.3 Å². The fourth-order valence-electron chi connectivity index (χ4n) is 19.1. The first kappa shape index (κ1) is 63.1. The molecule has 111 heavy (non-hydrogen) atoms. The maximum Gasteiger partial charge on any atom is 0.252 e. The Labute approximate surface area is 643 Å². The highest BCUT2D eigenvalue weighted by atomic mass is 15.2. The van der Waals surface area contributed by atoms with Crippen LogP contribution in [0, 0.1) is 0 Å². The summed E-state index contributed by atoms with van der Waals surface area (Å²) in [7, 11) is 0. The summed E-state index contributed by atoms with van der Waals surface area (Å²) < 4.78 is 5.19. The van der Waals surface area contributed by atoms with Crippen molar-refractivity contribution in [1.29, 1.82) is 0 Å². The zero-order chi connectivity index (χ0) is 73.3. The van der Waals surface area contributed by atoms with Gasteiger partial charge in [0.15, 0.2) is 0 Å². The monoisotopic (exact) mass is 1410 g/mol. The predicted octanol–water partition coefficient (Wildman–Crippen LogP) is 26.8. The first-order chi connectivity index (χ1) is 54.7. The number of hydrogen-bond acceptors (Lipinski definition) is 2. The molecule has 2 aromatic heterocycles. The Morgan fingerprint density at radius 2 is 0.550 bits per heavy atom. The Bertz CT molecular complexity index is 7050. The van der Waals surface area contributed by atoms with E-state index in [1.165, 1.54) is 175 Å². The Morgan fingerprint density at radius 3 is 0.964 bits per heavy atom. The van der Waals surface area contributed by atoms with Crippen LogP contribution in [-0.2, 0) is 5.41 Å². The quantitative estimate of drug-likeness (QED) is 0.111. The van der Waals surface area contributed by atoms with Gasteiger partial charge in [-0.2, -0.15) is 0 Å². The van der Waals surface area contributed by atoms with E-state index in [0.29, 0.717) is 0 Å². The molecule has 0 amide bonds. The molecule has 0 saturated carbocycles. The normalized spacial score (nSPS) is 12.8. The molecule has 2 aliphatic heterocycles. The second-order valence-corrected chi connectivity index (χ2v) is 31.5. The average molecular weight is 1410 g/mol. The molecule has 4 heterocycles. The van der Waals surface area contributed by atoms with Gasteiger partial charge in [0.1, 0.15) is 0 Å². The van der Waals surface area contributed by atoms with E-state index >= 15 is 0 Å². The van der Waals surface area contributed by atoms with Crippen molar-refractivity contribution < 1.29 is 0 Å². The van der Waals surface area contributed by atoms with Gasteiger partial charge in [0, 0.05) is 77.8 Å². The fourth-order valence-corrected chi connectivity index (χ4v) is 19.1. The molecule has 0 spiro atoms. The molecule has 4 nitrogen and oxygen atoms in total. The minimum atomic E-state index is -0.270. The fraction of sp³-hybridized carbons (Fsp3) is 0.0377. The Balaban J connectivity index is 0.806. The van der Waals surface area contributed by atoms with E-state index < -0.39 is 0 Å². The summed E-state index contributed by atoms with van der Waals surface area (Å²) in [6, 6.07) is 142. The highest BCUT2D eigenvalue weighted by Gasteiger charge is 2.45. The molecule has 19 aromatic carbocycles. The zero-order valence-corrected chi connectivity index (χ0v) is 61.7. The summed E-state index contributed by atoms with van der Waals surface area (Å²) in [4.78, 5) is 5.24. The number of fused-ring (bicyclic) bond motifs is 22. The molecule has 0 N–H and O–H groups in total. The highest BCUT2D eigenvalue weighted by molar-refractivity contribution is 7.00. The number of nitrogens with zero attached hydrogens (tertiary/aromatic N) is 4. The summed E-state index contributed by atoms with van der Waals surface area (Å²) in [6.45, 7) is 6.94. The topological polar surface area (TPSA) is 16.3 Å². The first-order valence-electron chi connectivity index (χ1n) is 38.8. The molecule has 0 unspecified atom stereocenters. The van der Waals surface area contributed by atoms with E-state index in [2.05, 4.69) is 416 Å². The van der Waals surface area contributed by atoms with Gasteiger partial charge in [-0.05, 0) is 223 Å². The molecule has 23 rings (SSSR count). The van der Waals surface area contributed by atoms with Gasteiger partial charge in [-0.25, -0.2) is 0 Å². The van der Waals surface area contributed by atoms with Gasteiger partial charge in [-0.3, -0.25) is 0 Å². The van der Waals surface area contributed by atoms with Crippen molar-refractivity contribution in [2.24, 2.45) is 0 Å². The highest BCUT2D eigenvalue weighted by Crippen LogP contribution is 2.51. The van der Waals surface area contributed by atoms with Crippen LogP contribution in [0.2, 0.25) is 0 Å². The van der Waals surface area contributed by atoms with Gasteiger partial charge in [0.05, 0.1) is 22.1 Å². The van der Waals surface area contributed by atoms with Gasteiger partial charge >= 0.3 is 0 Å². The van der Waals surface area contributed by atoms with Crippen LogP contribution < -0.4 is 26.2 Å². The smallest absolute Gasteiger partial charge is 0.252 e. The van der Waals surface area contributed by atoms with Gasteiger partial charge in [-0.1, -0.05) is 300 Å². The zero-order valence-electron chi connectivity index (χ0n) is 61.7. The summed E-state index contributed by atoms with van der Waals surface area (Å²) in [6.07, 6.45) is 0. The van der Waals surface area contributed by atoms with Crippen molar-refractivity contribution in [2.45, 2.75) is 26.2 Å². The minimum Gasteiger partial charge on any atom is -0.311 e. The van der Waals surface area contributed by atoms with E-state index in [1.54, 1.807) is 0 Å². The van der Waals surface area contributed by atoms with Crippen molar-refractivity contribution >= 4 is 165 Å². The molecule has 0 radical (unpaired) electrons. The van der Waals surface area contributed by atoms with Crippen molar-refractivity contribution in [3.8, 4) is 55.9 Å². The SMILES string of the molecule is CC(C)(C)c1cc2c3c(c1)N(c1ccc(-c4ccccc4)cc1)c1cc(-n4c5ccc(-c6ccc7ccccc7c6)cc5c5c6ccccc6c6ccccc6c54)ccc1B3c1ccc(-n3c4ccc(-c5ccc6ccccc6c5)cc4c4c5ccccc5c5ccccc5c43)cc1N2c1ccc(-c2ccccc2)cc1. The Hall–Kier alpha value is -14.0. The van der Waals surface area contributed by atoms with Gasteiger partial charge in [0.2, 0.25) is 0 Å². The van der Waals surface area contributed by atoms with Crippen molar-refractivity contribution in [1.82, 2.24) is 9.13 Å². The van der Waals surface area contributed by atoms with Crippen molar-refractivity contribution in [2.75, 3.05) is 9.80 Å². The standard InChI is InChI=1S/C106H71BN4/c1-106(2,3)78-62-99-103-100(63-78)109(80-50-44-71(45-51-80)67-24-8-5-9-25-67)98-65-82(111-96-57-47-77(75-41-39-69-27-11-13-29-73(69)59-75)61-92(96)102-88-35-19-15-31-84(88)86-33-17-21-37-90(86)105(102)111)53-55-94(98)107(103)93-54-52-81(64-97(93)108(99)79-48-42-70(43-49-79)66-22-6-4-7-23-66)110-95-56-46-76(74-40-38-68-26-10-12-28-72(68)58-74)60-91(95)101-87-34-18-14-30-83(87)85-32-16-20-36-89(85)104(101)110/h4-65H,1-3H3. The number of aromatic nitrogens is 2. The van der Waals surface area contributed by atoms with Crippen LogP contribution in [-0.4, -0.2) is 15.8 Å². The van der Waals surface area contributed by atoms with Gasteiger partial charge < -0.3 is 18.9 Å². The second-order valence-electron chi connectivity index (χ2n) is 31.5. The summed E-state index contributed by atoms with van der Waals surface area (Å²) >= 11 is 0. The minimum absolute atomic E-state index is 0.198. The molecule has 0 bridgehead atoms. The van der Waals surface area contributed by atoms with Gasteiger partial charge in [-0.15, -0.1) is 0 Å². The third-order valence-corrected chi connectivity index (χ3v) is 24.3. The third-order valence-electron chi connectivity index (χ3n) is 24.3. The number of benzene rings is 19. The van der Waals surface area contributed by atoms with Crippen LogP contribution in [0.25, 0.3) is 164 Å². The first-order valence-corrected chi connectivity index (χ1v) is 38.8. The van der Waals surface area contributed by atoms with Crippen molar-refractivity contribution in [3.63, 3.8) is 0 Å². The van der Waals surface area contributed by atoms with Crippen LogP contribution in [0.15, 0.2) is 376 Å². The number of rotatable bonds is 8. The number of anilines is 6. The third kappa shape index (κ3) is 9.68. The molecule has 0 atom stereocenters. The number of hydrogen-bond donors (Lipinski definition) is 0. The Morgan fingerprint density at radius 1 is 0.225 bits per heavy atom. The van der Waals surface area contributed by atoms with E-state index in [1.807, 2.05) is 0 Å². The van der Waals surface area contributed by atoms with Crippen LogP contribution in [0.5, 0.6) is 0 Å². The van der Waals surface area contributed by atoms with E-state index in [-0.39, 0.29) is 12.1 Å². The summed E-state index contributed by atoms with van der Waals surface area (Å²) in [5.74, 6) is 0. The molecule has 2 aliphatic rings. The predicted molar refractivity (Wildman–Crippen MR) is 475 cm³/mol. The molecule has 0 fully saturated rings. The molecule has 518 valence electrons. The van der Waals surface area contributed by atoms with E-state index in [4.69, 9.17) is 0 Å². The lowest BCUT2D eigenvalue weighted by Gasteiger charge is -2.45. The lowest BCUT2D eigenvalue weighted by atomic mass is 9.33. The summed E-state index contributed by atoms with van der Waals surface area (Å²) in [5, 5.41) is 19.8. The maximum absolute atomic E-state index is 2.62. The maximum atomic E-state index is 2.62. The lowest BCUT2D eigenvalue weighted by Crippen LogP contribution is -2.61. The molecular weight excluding hydrogens is 1340 g/mol. The molecular formula is C106H71BN4. The van der Waals surface area contributed by atoms with Crippen LogP contribution in [0.3, 0.4) is 0 Å². The molecule has 21 aromatic rings. The molecule has 0 aliphatic carbocycles. The van der Waals surface area contributed by atoms with Crippen LogP contribution >= 0.6 is 0 Å². The van der Waals surface area contributed by atoms with Gasteiger partial charge in [0.25, 0.3) is 6.71 Å². The van der Waals surface area contributed by atoms with Crippen molar-refractivity contribution in [3.05, 3.63) is 382 Å². The molecule has 5 heteroatoms. The largest absolute Gasteiger partial charge is 0.311 e. The van der Waals surface area contributed by atoms with E-state index in [0.717, 1.165) is 45.2 Å². The van der Waals surface area contributed by atoms with E-state index in [9.17, 15) is 0 Å². The lowest BCUT2D eigenvalue weighted by molar-refractivity contribution is 0.590. The second kappa shape index (κ2) is 24.3. The average Bonchev–Trinajstić information content (AvgIpc) is 0.968. The Kier molecular flexibility index (Phi) is 13.8.